The molecule has 5 nitrogen and oxygen atoms in total. The highest BCUT2D eigenvalue weighted by molar-refractivity contribution is 7.91. The van der Waals surface area contributed by atoms with Crippen LogP contribution in [0.2, 0.25) is 10.0 Å². The number of fused-ring (bicyclic) bond motifs is 1. The minimum Gasteiger partial charge on any atom is -0.332 e. The van der Waals surface area contributed by atoms with E-state index in [1.165, 1.54) is 0 Å². The van der Waals surface area contributed by atoms with E-state index >= 15 is 0 Å². The van der Waals surface area contributed by atoms with E-state index in [-0.39, 0.29) is 29.5 Å². The molecule has 120 valence electrons. The van der Waals surface area contributed by atoms with Crippen molar-refractivity contribution in [3.63, 3.8) is 0 Å². The summed E-state index contributed by atoms with van der Waals surface area (Å²) in [6.07, 6.45) is 0. The highest BCUT2D eigenvalue weighted by atomic mass is 35.5. The first-order valence-electron chi connectivity index (χ1n) is 6.99. The van der Waals surface area contributed by atoms with Gasteiger partial charge in [-0.1, -0.05) is 23.2 Å². The van der Waals surface area contributed by atoms with Gasteiger partial charge in [0.25, 0.3) is 5.91 Å². The van der Waals surface area contributed by atoms with E-state index in [2.05, 4.69) is 5.32 Å². The lowest BCUT2D eigenvalue weighted by atomic mass is 10.0. The van der Waals surface area contributed by atoms with Gasteiger partial charge in [0.05, 0.1) is 17.5 Å². The normalized spacial score (nSPS) is 26.8. The molecular weight excluding hydrogens is 347 g/mol. The first-order chi connectivity index (χ1) is 10.3. The van der Waals surface area contributed by atoms with Gasteiger partial charge in [0, 0.05) is 34.7 Å². The van der Waals surface area contributed by atoms with Crippen LogP contribution in [0.4, 0.5) is 0 Å². The van der Waals surface area contributed by atoms with Crippen molar-refractivity contribution in [2.75, 3.05) is 24.6 Å². The topological polar surface area (TPSA) is 66.5 Å². The number of rotatable bonds is 1. The van der Waals surface area contributed by atoms with Crippen LogP contribution in [-0.4, -0.2) is 55.9 Å². The minimum atomic E-state index is -3.11. The standard InChI is InChI=1S/C14H16Cl2N2O3S/c1-8-10(15)4-9(5-11(8)16)14(19)18-3-2-17-12-6-22(20,21)7-13(12)18/h4-5,12-13,17H,2-3,6-7H2,1H3. The molecule has 2 fully saturated rings. The lowest BCUT2D eigenvalue weighted by molar-refractivity contribution is 0.0621. The summed E-state index contributed by atoms with van der Waals surface area (Å²) in [7, 11) is -3.11. The molecule has 2 saturated heterocycles. The second kappa shape index (κ2) is 5.67. The Bertz CT molecular complexity index is 713. The third-order valence-corrected chi connectivity index (χ3v) is 6.77. The summed E-state index contributed by atoms with van der Waals surface area (Å²) in [4.78, 5) is 14.4. The van der Waals surface area contributed by atoms with Gasteiger partial charge < -0.3 is 10.2 Å². The Balaban J connectivity index is 1.92. The summed E-state index contributed by atoms with van der Waals surface area (Å²) in [5, 5.41) is 4.04. The number of nitrogens with zero attached hydrogens (tertiary/aromatic N) is 1. The zero-order valence-corrected chi connectivity index (χ0v) is 14.3. The van der Waals surface area contributed by atoms with Crippen molar-refractivity contribution in [2.24, 2.45) is 0 Å². The van der Waals surface area contributed by atoms with Crippen molar-refractivity contribution in [1.82, 2.24) is 10.2 Å². The van der Waals surface area contributed by atoms with Gasteiger partial charge in [0.1, 0.15) is 0 Å². The molecule has 0 radical (unpaired) electrons. The number of halogens is 2. The number of sulfone groups is 1. The van der Waals surface area contributed by atoms with E-state index in [0.29, 0.717) is 28.7 Å². The van der Waals surface area contributed by atoms with Crippen LogP contribution < -0.4 is 5.32 Å². The van der Waals surface area contributed by atoms with Crippen molar-refractivity contribution in [2.45, 2.75) is 19.0 Å². The number of piperazine rings is 1. The summed E-state index contributed by atoms with van der Waals surface area (Å²) in [5.74, 6) is -0.141. The van der Waals surface area contributed by atoms with Crippen molar-refractivity contribution < 1.29 is 13.2 Å². The average Bonchev–Trinajstić information content (AvgIpc) is 2.77. The number of benzene rings is 1. The molecule has 3 rings (SSSR count). The van der Waals surface area contributed by atoms with Crippen LogP contribution in [0.3, 0.4) is 0 Å². The van der Waals surface area contributed by atoms with E-state index in [1.807, 2.05) is 0 Å². The van der Waals surface area contributed by atoms with E-state index in [0.717, 1.165) is 5.56 Å². The largest absolute Gasteiger partial charge is 0.332 e. The van der Waals surface area contributed by atoms with E-state index in [9.17, 15) is 13.2 Å². The summed E-state index contributed by atoms with van der Waals surface area (Å²) < 4.78 is 23.7. The molecular formula is C14H16Cl2N2O3S. The third kappa shape index (κ3) is 2.85. The molecule has 0 bridgehead atoms. The predicted octanol–water partition coefficient (Wildman–Crippen LogP) is 1.51. The molecule has 1 aromatic carbocycles. The molecule has 0 aromatic heterocycles. The van der Waals surface area contributed by atoms with Gasteiger partial charge >= 0.3 is 0 Å². The minimum absolute atomic E-state index is 0.00370. The predicted molar refractivity (Wildman–Crippen MR) is 86.5 cm³/mol. The van der Waals surface area contributed by atoms with Gasteiger partial charge in [-0.25, -0.2) is 8.42 Å². The maximum Gasteiger partial charge on any atom is 0.254 e. The fraction of sp³-hybridized carbons (Fsp3) is 0.500. The van der Waals surface area contributed by atoms with Crippen molar-refractivity contribution >= 4 is 38.9 Å². The number of carbonyl (C=O) groups is 1. The third-order valence-electron chi connectivity index (χ3n) is 4.27. The summed E-state index contributed by atoms with van der Waals surface area (Å²) >= 11 is 12.2. The number of nitrogens with one attached hydrogen (secondary N) is 1. The number of hydrogen-bond donors (Lipinski definition) is 1. The number of amides is 1. The average molecular weight is 363 g/mol. The molecule has 8 heteroatoms. The molecule has 22 heavy (non-hydrogen) atoms. The van der Waals surface area contributed by atoms with Gasteiger partial charge in [0.15, 0.2) is 9.84 Å². The molecule has 2 atom stereocenters. The fourth-order valence-electron chi connectivity index (χ4n) is 3.05. The molecule has 2 heterocycles. The van der Waals surface area contributed by atoms with Crippen LogP contribution in [0.15, 0.2) is 12.1 Å². The first kappa shape index (κ1) is 16.1. The molecule has 0 saturated carbocycles. The second-order valence-corrected chi connectivity index (χ2v) is 8.74. The highest BCUT2D eigenvalue weighted by Crippen LogP contribution is 2.28. The Morgan fingerprint density at radius 2 is 1.91 bits per heavy atom. The van der Waals surface area contributed by atoms with Gasteiger partial charge in [-0.3, -0.25) is 4.79 Å². The molecule has 0 spiro atoms. The zero-order chi connectivity index (χ0) is 16.1. The quantitative estimate of drug-likeness (QED) is 0.822. The lowest BCUT2D eigenvalue weighted by Crippen LogP contribution is -2.59. The Morgan fingerprint density at radius 3 is 2.55 bits per heavy atom. The van der Waals surface area contributed by atoms with Crippen LogP contribution in [0, 0.1) is 6.92 Å². The molecule has 2 aliphatic heterocycles. The van der Waals surface area contributed by atoms with Crippen molar-refractivity contribution in [3.05, 3.63) is 33.3 Å². The van der Waals surface area contributed by atoms with Crippen LogP contribution in [0.25, 0.3) is 0 Å². The van der Waals surface area contributed by atoms with Crippen LogP contribution >= 0.6 is 23.2 Å². The van der Waals surface area contributed by atoms with E-state index in [4.69, 9.17) is 23.2 Å². The molecule has 2 aliphatic rings. The first-order valence-corrected chi connectivity index (χ1v) is 9.56. The highest BCUT2D eigenvalue weighted by Gasteiger charge is 2.44. The molecule has 1 aromatic rings. The van der Waals surface area contributed by atoms with E-state index < -0.39 is 9.84 Å². The van der Waals surface area contributed by atoms with Crippen molar-refractivity contribution in [1.29, 1.82) is 0 Å². The number of carbonyl (C=O) groups excluding carboxylic acids is 1. The summed E-state index contributed by atoms with van der Waals surface area (Å²) in [6, 6.07) is 2.65. The monoisotopic (exact) mass is 362 g/mol. The molecule has 2 unspecified atom stereocenters. The van der Waals surface area contributed by atoms with Gasteiger partial charge in [-0.15, -0.1) is 0 Å². The maximum absolute atomic E-state index is 12.8. The van der Waals surface area contributed by atoms with Crippen molar-refractivity contribution in [3.8, 4) is 0 Å². The number of hydrogen-bond acceptors (Lipinski definition) is 4. The van der Waals surface area contributed by atoms with Gasteiger partial charge in [-0.2, -0.15) is 0 Å². The van der Waals surface area contributed by atoms with Gasteiger partial charge in [-0.05, 0) is 24.6 Å². The fourth-order valence-corrected chi connectivity index (χ4v) is 5.50. The maximum atomic E-state index is 12.8. The Morgan fingerprint density at radius 1 is 1.27 bits per heavy atom. The van der Waals surface area contributed by atoms with Crippen LogP contribution in [-0.2, 0) is 9.84 Å². The summed E-state index contributed by atoms with van der Waals surface area (Å²) in [6.45, 7) is 2.83. The van der Waals surface area contributed by atoms with Crippen LogP contribution in [0.5, 0.6) is 0 Å². The zero-order valence-electron chi connectivity index (χ0n) is 12.0. The summed E-state index contributed by atoms with van der Waals surface area (Å²) in [5.41, 5.74) is 1.12. The Labute approximate surface area is 139 Å². The molecule has 0 aliphatic carbocycles. The molecule has 1 N–H and O–H groups in total. The SMILES string of the molecule is Cc1c(Cl)cc(C(=O)N2CCNC3CS(=O)(=O)CC32)cc1Cl. The molecule has 1 amide bonds. The Hall–Kier alpha value is -0.820. The lowest BCUT2D eigenvalue weighted by Gasteiger charge is -2.37. The smallest absolute Gasteiger partial charge is 0.254 e. The van der Waals surface area contributed by atoms with Crippen LogP contribution in [0.1, 0.15) is 15.9 Å². The second-order valence-electron chi connectivity index (χ2n) is 5.77. The van der Waals surface area contributed by atoms with Gasteiger partial charge in [0.2, 0.25) is 0 Å². The van der Waals surface area contributed by atoms with E-state index in [1.54, 1.807) is 24.0 Å². The Kier molecular flexibility index (Phi) is 4.14.